The molecule has 3 heterocycles. The van der Waals surface area contributed by atoms with Crippen LogP contribution in [0, 0.1) is 0 Å². The van der Waals surface area contributed by atoms with E-state index in [0.29, 0.717) is 17.8 Å². The Kier molecular flexibility index (Phi) is 6.86. The third kappa shape index (κ3) is 5.18. The summed E-state index contributed by atoms with van der Waals surface area (Å²) in [5.41, 5.74) is 3.07. The van der Waals surface area contributed by atoms with Crippen LogP contribution in [0.5, 0.6) is 5.75 Å². The van der Waals surface area contributed by atoms with E-state index in [-0.39, 0.29) is 11.7 Å². The molecule has 0 saturated heterocycles. The summed E-state index contributed by atoms with van der Waals surface area (Å²) in [4.78, 5) is 17.6. The van der Waals surface area contributed by atoms with Gasteiger partial charge in [0.15, 0.2) is 5.65 Å². The molecule has 7 nitrogen and oxygen atoms in total. The lowest BCUT2D eigenvalue weighted by Crippen LogP contribution is -2.22. The summed E-state index contributed by atoms with van der Waals surface area (Å²) in [5.74, 6) is 0.919. The standard InChI is InChI=1S/C23H24BN5O2S/c24-18-15-27-29-21(14-19(28-23(18)29)17-7-1-2-8-20(17)30)25-11-3-4-12-26-22(31)10-9-16-6-5-13-32-16/h1-2,5-10,13-15,25,30H,3-4,11-12,24H2,(H,26,31)/b10-9+. The van der Waals surface area contributed by atoms with Crippen molar-refractivity contribution in [1.82, 2.24) is 19.9 Å². The van der Waals surface area contributed by atoms with Gasteiger partial charge in [-0.25, -0.2) is 4.98 Å². The molecule has 3 N–H and O–H groups in total. The first kappa shape index (κ1) is 21.6. The van der Waals surface area contributed by atoms with Gasteiger partial charge in [0.25, 0.3) is 0 Å². The van der Waals surface area contributed by atoms with Crippen LogP contribution in [0.15, 0.2) is 60.1 Å². The predicted molar refractivity (Wildman–Crippen MR) is 132 cm³/mol. The summed E-state index contributed by atoms with van der Waals surface area (Å²) in [5, 5.41) is 23.0. The monoisotopic (exact) mass is 445 g/mol. The highest BCUT2D eigenvalue weighted by Gasteiger charge is 2.12. The Morgan fingerprint density at radius 3 is 2.84 bits per heavy atom. The van der Waals surface area contributed by atoms with Crippen molar-refractivity contribution in [3.05, 3.63) is 65.0 Å². The molecule has 1 aromatic carbocycles. The minimum atomic E-state index is -0.0819. The maximum atomic E-state index is 11.9. The number of carbonyl (C=O) groups excluding carboxylic acids is 1. The third-order valence-corrected chi connectivity index (χ3v) is 5.82. The van der Waals surface area contributed by atoms with E-state index < -0.39 is 0 Å². The van der Waals surface area contributed by atoms with Crippen LogP contribution in [0.4, 0.5) is 5.82 Å². The zero-order chi connectivity index (χ0) is 22.3. The molecule has 0 bridgehead atoms. The predicted octanol–water partition coefficient (Wildman–Crippen LogP) is 2.44. The van der Waals surface area contributed by atoms with Crippen molar-refractivity contribution in [3.8, 4) is 17.0 Å². The SMILES string of the molecule is Bc1cnn2c(NCCCCNC(=O)/C=C/c3cccs3)cc(-c3ccccc3O)nc12. The molecule has 4 rings (SSSR count). The average Bonchev–Trinajstić information content (AvgIpc) is 3.45. The van der Waals surface area contributed by atoms with E-state index >= 15 is 0 Å². The number of phenolic OH excluding ortho intramolecular Hbond substituents is 1. The highest BCUT2D eigenvalue weighted by atomic mass is 32.1. The van der Waals surface area contributed by atoms with Crippen molar-refractivity contribution < 1.29 is 9.90 Å². The first-order valence-corrected chi connectivity index (χ1v) is 11.4. The second-order valence-corrected chi connectivity index (χ2v) is 8.36. The van der Waals surface area contributed by atoms with E-state index in [1.165, 1.54) is 0 Å². The first-order chi connectivity index (χ1) is 15.6. The molecule has 3 aromatic heterocycles. The van der Waals surface area contributed by atoms with Crippen molar-refractivity contribution in [2.45, 2.75) is 12.8 Å². The number of carbonyl (C=O) groups is 1. The van der Waals surface area contributed by atoms with Crippen LogP contribution >= 0.6 is 11.3 Å². The topological polar surface area (TPSA) is 91.5 Å². The molecule has 0 aliphatic rings. The highest BCUT2D eigenvalue weighted by Crippen LogP contribution is 2.29. The van der Waals surface area contributed by atoms with Crippen LogP contribution in [0.25, 0.3) is 23.0 Å². The molecular formula is C23H24BN5O2S. The molecule has 1 amide bonds. The number of phenols is 1. The van der Waals surface area contributed by atoms with E-state index in [0.717, 1.165) is 41.2 Å². The van der Waals surface area contributed by atoms with Gasteiger partial charge in [0.05, 0.1) is 5.69 Å². The van der Waals surface area contributed by atoms with Crippen molar-refractivity contribution >= 4 is 48.1 Å². The van der Waals surface area contributed by atoms with Crippen molar-refractivity contribution in [3.63, 3.8) is 0 Å². The Hall–Kier alpha value is -3.59. The Morgan fingerprint density at radius 2 is 2.03 bits per heavy atom. The molecule has 0 unspecified atom stereocenters. The summed E-state index contributed by atoms with van der Waals surface area (Å²) in [6, 6.07) is 13.0. The molecule has 0 spiro atoms. The number of hydrogen-bond donors (Lipinski definition) is 3. The lowest BCUT2D eigenvalue weighted by molar-refractivity contribution is -0.116. The second kappa shape index (κ2) is 10.1. The molecule has 0 radical (unpaired) electrons. The number of anilines is 1. The largest absolute Gasteiger partial charge is 0.507 e. The highest BCUT2D eigenvalue weighted by molar-refractivity contribution is 7.10. The fraction of sp³-hybridized carbons (Fsp3) is 0.174. The van der Waals surface area contributed by atoms with Gasteiger partial charge in [-0.3, -0.25) is 4.79 Å². The van der Waals surface area contributed by atoms with Crippen LogP contribution in [-0.4, -0.2) is 46.5 Å². The van der Waals surface area contributed by atoms with Crippen molar-refractivity contribution in [2.24, 2.45) is 0 Å². The van der Waals surface area contributed by atoms with Crippen molar-refractivity contribution in [1.29, 1.82) is 0 Å². The van der Waals surface area contributed by atoms with E-state index in [1.807, 2.05) is 49.6 Å². The summed E-state index contributed by atoms with van der Waals surface area (Å²) < 4.78 is 1.77. The average molecular weight is 445 g/mol. The molecule has 32 heavy (non-hydrogen) atoms. The summed E-state index contributed by atoms with van der Waals surface area (Å²) in [6.07, 6.45) is 6.90. The molecule has 0 aliphatic heterocycles. The summed E-state index contributed by atoms with van der Waals surface area (Å²) >= 11 is 1.60. The number of aromatic hydroxyl groups is 1. The minimum absolute atomic E-state index is 0.0819. The van der Waals surface area contributed by atoms with Gasteiger partial charge in [-0.2, -0.15) is 9.61 Å². The molecule has 0 fully saturated rings. The Balaban J connectivity index is 1.33. The number of unbranched alkanes of at least 4 members (excludes halogenated alkanes) is 1. The Morgan fingerprint density at radius 1 is 1.19 bits per heavy atom. The van der Waals surface area contributed by atoms with Gasteiger partial charge in [0.2, 0.25) is 5.91 Å². The van der Waals surface area contributed by atoms with Gasteiger partial charge in [0.1, 0.15) is 19.4 Å². The zero-order valence-electron chi connectivity index (χ0n) is 17.8. The van der Waals surface area contributed by atoms with Gasteiger partial charge in [-0.1, -0.05) is 18.2 Å². The van der Waals surface area contributed by atoms with Crippen LogP contribution in [0.2, 0.25) is 0 Å². The number of nitrogens with zero attached hydrogens (tertiary/aromatic N) is 3. The second-order valence-electron chi connectivity index (χ2n) is 7.38. The Bertz CT molecular complexity index is 1240. The van der Waals surface area contributed by atoms with E-state index in [9.17, 15) is 9.90 Å². The minimum Gasteiger partial charge on any atom is -0.507 e. The lowest BCUT2D eigenvalue weighted by Gasteiger charge is -2.12. The quantitative estimate of drug-likeness (QED) is 0.209. The number of benzene rings is 1. The van der Waals surface area contributed by atoms with Crippen LogP contribution < -0.4 is 16.1 Å². The van der Waals surface area contributed by atoms with Gasteiger partial charge in [0, 0.05) is 41.9 Å². The molecule has 0 aliphatic carbocycles. The third-order valence-electron chi connectivity index (χ3n) is 4.98. The molecule has 0 saturated carbocycles. The van der Waals surface area contributed by atoms with E-state index in [2.05, 4.69) is 20.7 Å². The molecule has 9 heteroatoms. The number of hydrogen-bond acceptors (Lipinski definition) is 6. The molecule has 4 aromatic rings. The molecular weight excluding hydrogens is 421 g/mol. The smallest absolute Gasteiger partial charge is 0.244 e. The van der Waals surface area contributed by atoms with Gasteiger partial charge in [-0.05, 0) is 48.0 Å². The van der Waals surface area contributed by atoms with Gasteiger partial charge >= 0.3 is 0 Å². The van der Waals surface area contributed by atoms with E-state index in [1.54, 1.807) is 40.3 Å². The number of amides is 1. The number of para-hydroxylation sites is 1. The number of nitrogens with one attached hydrogen (secondary N) is 2. The Labute approximate surface area is 191 Å². The van der Waals surface area contributed by atoms with Gasteiger partial charge in [-0.15, -0.1) is 11.3 Å². The maximum Gasteiger partial charge on any atom is 0.244 e. The fourth-order valence-corrected chi connectivity index (χ4v) is 3.93. The summed E-state index contributed by atoms with van der Waals surface area (Å²) in [6.45, 7) is 1.34. The van der Waals surface area contributed by atoms with E-state index in [4.69, 9.17) is 0 Å². The lowest BCUT2D eigenvalue weighted by atomic mass is 10.0. The first-order valence-electron chi connectivity index (χ1n) is 10.5. The van der Waals surface area contributed by atoms with Crippen LogP contribution in [0.3, 0.4) is 0 Å². The fourth-order valence-electron chi connectivity index (χ4n) is 3.31. The number of fused-ring (bicyclic) bond motifs is 1. The maximum absolute atomic E-state index is 11.9. The number of rotatable bonds is 9. The number of aromatic nitrogens is 3. The number of thiophene rings is 1. The molecule has 0 atom stereocenters. The van der Waals surface area contributed by atoms with Crippen LogP contribution in [0.1, 0.15) is 17.7 Å². The molecule has 162 valence electrons. The van der Waals surface area contributed by atoms with Gasteiger partial charge < -0.3 is 15.7 Å². The normalized spacial score (nSPS) is 11.2. The zero-order valence-corrected chi connectivity index (χ0v) is 18.6. The van der Waals surface area contributed by atoms with Crippen molar-refractivity contribution in [2.75, 3.05) is 18.4 Å². The summed E-state index contributed by atoms with van der Waals surface area (Å²) in [7, 11) is 1.96. The van der Waals surface area contributed by atoms with Crippen LogP contribution in [-0.2, 0) is 4.79 Å².